The van der Waals surface area contributed by atoms with E-state index in [0.717, 1.165) is 91.9 Å². The molecule has 1 aliphatic heterocycles. The Hall–Kier alpha value is -7.44. The van der Waals surface area contributed by atoms with Crippen LogP contribution in [0.3, 0.4) is 0 Å². The van der Waals surface area contributed by atoms with Gasteiger partial charge in [0.15, 0.2) is 23.0 Å². The molecule has 0 spiro atoms. The molecule has 0 saturated carbocycles. The third-order valence-corrected chi connectivity index (χ3v) is 12.6. The number of benzene rings is 7. The number of aromatic nitrogens is 2. The summed E-state index contributed by atoms with van der Waals surface area (Å²) >= 11 is 0. The van der Waals surface area contributed by atoms with Crippen LogP contribution in [-0.2, 0) is 6.67 Å². The van der Waals surface area contributed by atoms with Crippen molar-refractivity contribution in [3.8, 4) is 28.7 Å². The first kappa shape index (κ1) is 40.6. The Balaban J connectivity index is 0.00000239. The number of hydrogen-bond acceptors (Lipinski definition) is 4. The molecular formula is C58H52N4O2. The summed E-state index contributed by atoms with van der Waals surface area (Å²) in [5.41, 5.74) is 10.6. The highest BCUT2D eigenvalue weighted by Crippen LogP contribution is 2.52. The fourth-order valence-corrected chi connectivity index (χ4v) is 9.85. The van der Waals surface area contributed by atoms with Crippen molar-refractivity contribution < 1.29 is 9.47 Å². The largest absolute Gasteiger partial charge is 0.449 e. The summed E-state index contributed by atoms with van der Waals surface area (Å²) in [6.45, 7) is 12.8. The van der Waals surface area contributed by atoms with E-state index in [9.17, 15) is 0 Å². The first-order valence-electron chi connectivity index (χ1n) is 22.7. The molecule has 64 heavy (non-hydrogen) atoms. The lowest BCUT2D eigenvalue weighted by Crippen LogP contribution is -2.10. The Morgan fingerprint density at radius 2 is 1.53 bits per heavy atom. The molecule has 3 heterocycles. The Labute approximate surface area is 374 Å². The lowest BCUT2D eigenvalue weighted by Gasteiger charge is -2.22. The Kier molecular flexibility index (Phi) is 11.0. The third-order valence-electron chi connectivity index (χ3n) is 12.6. The van der Waals surface area contributed by atoms with Crippen LogP contribution in [0, 0.1) is 0 Å². The number of fused-ring (bicyclic) bond motifs is 11. The number of hydrogen-bond donors (Lipinski definition) is 0. The third kappa shape index (κ3) is 6.81. The quantitative estimate of drug-likeness (QED) is 0.102. The molecule has 2 aromatic heterocycles. The maximum atomic E-state index is 6.87. The highest BCUT2D eigenvalue weighted by atomic mass is 16.6. The van der Waals surface area contributed by atoms with Crippen molar-refractivity contribution in [2.24, 2.45) is 9.98 Å². The molecule has 2 aliphatic rings. The van der Waals surface area contributed by atoms with Gasteiger partial charge in [-0.1, -0.05) is 136 Å². The van der Waals surface area contributed by atoms with E-state index in [1.165, 1.54) is 21.9 Å². The second-order valence-corrected chi connectivity index (χ2v) is 16.2. The summed E-state index contributed by atoms with van der Waals surface area (Å²) in [5, 5.41) is 6.77. The van der Waals surface area contributed by atoms with E-state index in [-0.39, 0.29) is 0 Å². The minimum atomic E-state index is 0.314. The van der Waals surface area contributed by atoms with Gasteiger partial charge in [-0.15, -0.1) is 0 Å². The monoisotopic (exact) mass is 836 g/mol. The molecule has 0 radical (unpaired) electrons. The molecule has 0 saturated heterocycles. The molecule has 6 heteroatoms. The number of aliphatic imine (C=N–C) groups is 2. The van der Waals surface area contributed by atoms with Gasteiger partial charge in [0, 0.05) is 44.1 Å². The SMILES string of the molecule is C=Nc1c(/C(=N\Cn2c3ccccc3c3ccc4c(c5ccc6c(c5n4-c4cccc(C(/C=C\C)CCC)c4)Oc4ccccc4O6)c32)C2=CC=CCC2)ccc2ccccc12.CC. The van der Waals surface area contributed by atoms with Crippen LogP contribution in [0.15, 0.2) is 179 Å². The highest BCUT2D eigenvalue weighted by molar-refractivity contribution is 6.26. The van der Waals surface area contributed by atoms with Crippen molar-refractivity contribution in [1.82, 2.24) is 9.13 Å². The van der Waals surface area contributed by atoms with Gasteiger partial charge < -0.3 is 18.6 Å². The van der Waals surface area contributed by atoms with Crippen LogP contribution >= 0.6 is 0 Å². The van der Waals surface area contributed by atoms with Crippen molar-refractivity contribution in [3.63, 3.8) is 0 Å². The number of allylic oxidation sites excluding steroid dienone is 6. The van der Waals surface area contributed by atoms with Crippen molar-refractivity contribution in [2.45, 2.75) is 66.0 Å². The van der Waals surface area contributed by atoms with Gasteiger partial charge >= 0.3 is 0 Å². The minimum absolute atomic E-state index is 0.314. The van der Waals surface area contributed by atoms with E-state index in [0.29, 0.717) is 35.6 Å². The number of ether oxygens (including phenoxy) is 2. The van der Waals surface area contributed by atoms with Crippen LogP contribution in [-0.4, -0.2) is 21.6 Å². The van der Waals surface area contributed by atoms with Crippen molar-refractivity contribution in [1.29, 1.82) is 0 Å². The molecule has 11 rings (SSSR count). The van der Waals surface area contributed by atoms with Crippen molar-refractivity contribution >= 4 is 72.5 Å². The molecule has 6 nitrogen and oxygen atoms in total. The van der Waals surface area contributed by atoms with E-state index in [4.69, 9.17) is 14.5 Å². The molecule has 0 N–H and O–H groups in total. The number of rotatable bonds is 10. The van der Waals surface area contributed by atoms with Crippen LogP contribution < -0.4 is 9.47 Å². The average molecular weight is 837 g/mol. The Morgan fingerprint density at radius 1 is 0.750 bits per heavy atom. The van der Waals surface area contributed by atoms with Crippen molar-refractivity contribution in [2.75, 3.05) is 0 Å². The van der Waals surface area contributed by atoms with E-state index in [1.54, 1.807) is 0 Å². The van der Waals surface area contributed by atoms with E-state index >= 15 is 0 Å². The van der Waals surface area contributed by atoms with Gasteiger partial charge in [0.05, 0.1) is 27.9 Å². The van der Waals surface area contributed by atoms with Crippen LogP contribution in [0.25, 0.3) is 60.1 Å². The zero-order valence-corrected chi connectivity index (χ0v) is 37.0. The molecule has 1 unspecified atom stereocenters. The first-order valence-corrected chi connectivity index (χ1v) is 22.7. The number of para-hydroxylation sites is 3. The summed E-state index contributed by atoms with van der Waals surface area (Å²) in [4.78, 5) is 10.3. The van der Waals surface area contributed by atoms with Gasteiger partial charge in [0.1, 0.15) is 12.2 Å². The lowest BCUT2D eigenvalue weighted by molar-refractivity contribution is 0.362. The molecule has 7 aromatic carbocycles. The summed E-state index contributed by atoms with van der Waals surface area (Å²) in [6.07, 6.45) is 15.1. The average Bonchev–Trinajstić information content (AvgIpc) is 3.87. The van der Waals surface area contributed by atoms with Crippen LogP contribution in [0.1, 0.15) is 70.4 Å². The topological polar surface area (TPSA) is 53.0 Å². The van der Waals surface area contributed by atoms with Gasteiger partial charge in [-0.25, -0.2) is 0 Å². The summed E-state index contributed by atoms with van der Waals surface area (Å²) < 4.78 is 18.2. The Bertz CT molecular complexity index is 3390. The van der Waals surface area contributed by atoms with Crippen LogP contribution in [0.2, 0.25) is 0 Å². The number of nitrogens with zero attached hydrogens (tertiary/aromatic N) is 4. The predicted octanol–water partition coefficient (Wildman–Crippen LogP) is 16.5. The fourth-order valence-electron chi connectivity index (χ4n) is 9.85. The molecule has 0 bridgehead atoms. The van der Waals surface area contributed by atoms with Gasteiger partial charge in [-0.05, 0) is 104 Å². The lowest BCUT2D eigenvalue weighted by atomic mass is 9.92. The van der Waals surface area contributed by atoms with Crippen molar-refractivity contribution in [3.05, 3.63) is 181 Å². The van der Waals surface area contributed by atoms with E-state index in [2.05, 4.69) is 174 Å². The van der Waals surface area contributed by atoms with E-state index < -0.39 is 0 Å². The second-order valence-electron chi connectivity index (χ2n) is 16.2. The second kappa shape index (κ2) is 17.4. The van der Waals surface area contributed by atoms with Gasteiger partial charge in [0.2, 0.25) is 0 Å². The fraction of sp³-hybridized carbons (Fsp3) is 0.172. The summed E-state index contributed by atoms with van der Waals surface area (Å²) in [6, 6.07) is 47.2. The zero-order valence-electron chi connectivity index (χ0n) is 37.0. The standard InChI is InChI=1S/C56H46N4O2.C2H6/c1-4-16-36(17-5-2)39-21-15-22-40(34-39)60-47-32-30-43-42-24-11-12-25-46(42)59(54(43)51(47)44-31-33-50-56(55(44)60)62-49-27-14-13-26-48(49)61-50)35-58-52(38-19-7-6-8-20-38)45-29-28-37-18-9-10-23-41(37)53(45)57-3;1-2/h4,6-7,9-16,18-19,21-34,36H,3,5,8,17,20,35H2,1-2H3;1-2H3/b16-4-,58-52-;. The maximum Gasteiger partial charge on any atom is 0.194 e. The van der Waals surface area contributed by atoms with Crippen LogP contribution in [0.4, 0.5) is 5.69 Å². The maximum absolute atomic E-state index is 6.87. The molecule has 316 valence electrons. The summed E-state index contributed by atoms with van der Waals surface area (Å²) in [5.74, 6) is 3.12. The van der Waals surface area contributed by atoms with Gasteiger partial charge in [-0.2, -0.15) is 0 Å². The summed E-state index contributed by atoms with van der Waals surface area (Å²) in [7, 11) is 0. The molecule has 1 aliphatic carbocycles. The predicted molar refractivity (Wildman–Crippen MR) is 270 cm³/mol. The normalized spacial score (nSPS) is 14.0. The molecule has 1 atom stereocenters. The van der Waals surface area contributed by atoms with E-state index in [1.807, 2.05) is 38.1 Å². The highest BCUT2D eigenvalue weighted by Gasteiger charge is 2.28. The smallest absolute Gasteiger partial charge is 0.194 e. The van der Waals surface area contributed by atoms with Gasteiger partial charge in [0.25, 0.3) is 0 Å². The molecule has 0 amide bonds. The molecule has 9 aromatic rings. The molecule has 0 fully saturated rings. The van der Waals surface area contributed by atoms with Crippen LogP contribution in [0.5, 0.6) is 23.0 Å². The first-order chi connectivity index (χ1) is 31.6. The Morgan fingerprint density at radius 3 is 2.33 bits per heavy atom. The minimum Gasteiger partial charge on any atom is -0.449 e. The zero-order chi connectivity index (χ0) is 43.7. The van der Waals surface area contributed by atoms with Gasteiger partial charge in [-0.3, -0.25) is 9.98 Å². The molecular weight excluding hydrogens is 785 g/mol.